The normalized spacial score (nSPS) is 21.3. The van der Waals surface area contributed by atoms with Crippen molar-refractivity contribution in [3.63, 3.8) is 0 Å². The van der Waals surface area contributed by atoms with Crippen molar-refractivity contribution < 1.29 is 28.6 Å². The van der Waals surface area contributed by atoms with Crippen LogP contribution in [-0.2, 0) is 15.0 Å². The first kappa shape index (κ1) is 29.8. The number of carbonyl (C=O) groups is 2. The molecule has 0 saturated carbocycles. The molecule has 4 N–H and O–H groups in total. The Morgan fingerprint density at radius 1 is 1.19 bits per heavy atom. The topological polar surface area (TPSA) is 109 Å². The number of carbonyl (C=O) groups excluding carboxylic acids is 2. The van der Waals surface area contributed by atoms with Crippen molar-refractivity contribution >= 4 is 34.8 Å². The van der Waals surface area contributed by atoms with Crippen LogP contribution in [0.15, 0.2) is 54.6 Å². The molecule has 3 aromatic carbocycles. The van der Waals surface area contributed by atoms with Gasteiger partial charge in [-0.25, -0.2) is 4.39 Å². The molecule has 2 amide bonds. The molecule has 42 heavy (non-hydrogen) atoms. The van der Waals surface area contributed by atoms with Crippen LogP contribution in [0.4, 0.5) is 15.8 Å². The fourth-order valence-electron chi connectivity index (χ4n) is 5.99. The number of anilines is 2. The number of benzene rings is 3. The fraction of sp³-hybridized carbons (Fsp3) is 0.375. The van der Waals surface area contributed by atoms with E-state index in [1.807, 2.05) is 6.07 Å². The summed E-state index contributed by atoms with van der Waals surface area (Å²) < 4.78 is 25.9. The molecular weight excluding hydrogens is 561 g/mol. The number of ether oxygens (including phenoxy) is 2. The van der Waals surface area contributed by atoms with Crippen LogP contribution in [-0.4, -0.2) is 49.3 Å². The Kier molecular flexibility index (Phi) is 8.20. The maximum Gasteiger partial charge on any atom is 0.241 e. The quantitative estimate of drug-likeness (QED) is 0.273. The van der Waals surface area contributed by atoms with Crippen LogP contribution < -0.4 is 25.4 Å². The molecule has 10 heteroatoms. The maximum atomic E-state index is 15.0. The van der Waals surface area contributed by atoms with Crippen molar-refractivity contribution in [3.05, 3.63) is 71.0 Å². The largest absolute Gasteiger partial charge is 0.494 e. The van der Waals surface area contributed by atoms with Crippen LogP contribution in [0, 0.1) is 11.2 Å². The summed E-state index contributed by atoms with van der Waals surface area (Å²) in [6, 6.07) is 14.1. The van der Waals surface area contributed by atoms with Crippen LogP contribution in [0.5, 0.6) is 11.5 Å². The third kappa shape index (κ3) is 5.56. The van der Waals surface area contributed by atoms with Gasteiger partial charge in [0.05, 0.1) is 35.9 Å². The smallest absolute Gasteiger partial charge is 0.241 e. The lowest BCUT2D eigenvalue weighted by Gasteiger charge is -2.33. The molecule has 0 radical (unpaired) electrons. The van der Waals surface area contributed by atoms with Gasteiger partial charge in [-0.2, -0.15) is 0 Å². The number of nitrogens with one attached hydrogen (secondary N) is 3. The number of rotatable bonds is 8. The third-order valence-corrected chi connectivity index (χ3v) is 8.16. The number of hydrogen-bond acceptors (Lipinski definition) is 6. The van der Waals surface area contributed by atoms with E-state index in [0.29, 0.717) is 40.4 Å². The molecule has 1 fully saturated rings. The summed E-state index contributed by atoms with van der Waals surface area (Å²) in [5.41, 5.74) is 1.54. The van der Waals surface area contributed by atoms with Crippen LogP contribution in [0.3, 0.4) is 0 Å². The van der Waals surface area contributed by atoms with Crippen molar-refractivity contribution in [2.75, 3.05) is 31.0 Å². The lowest BCUT2D eigenvalue weighted by Crippen LogP contribution is -2.48. The van der Waals surface area contributed by atoms with E-state index in [4.69, 9.17) is 26.2 Å². The molecule has 0 aliphatic carbocycles. The number of hydrogen-bond donors (Lipinski definition) is 4. The van der Waals surface area contributed by atoms with Gasteiger partial charge in [-0.15, -0.1) is 0 Å². The van der Waals surface area contributed by atoms with E-state index in [0.717, 1.165) is 5.56 Å². The fourth-order valence-corrected chi connectivity index (χ4v) is 6.17. The third-order valence-electron chi connectivity index (χ3n) is 7.86. The molecule has 1 saturated heterocycles. The first-order valence-corrected chi connectivity index (χ1v) is 14.2. The molecule has 3 aromatic rings. The van der Waals surface area contributed by atoms with Gasteiger partial charge in [0, 0.05) is 23.4 Å². The molecule has 8 nitrogen and oxygen atoms in total. The maximum absolute atomic E-state index is 15.0. The van der Waals surface area contributed by atoms with Crippen molar-refractivity contribution in [1.82, 2.24) is 5.32 Å². The summed E-state index contributed by atoms with van der Waals surface area (Å²) in [7, 11) is 1.49. The second-order valence-electron chi connectivity index (χ2n) is 12.0. The Bertz CT molecular complexity index is 1520. The predicted molar refractivity (Wildman–Crippen MR) is 161 cm³/mol. The number of amides is 2. The highest BCUT2D eigenvalue weighted by molar-refractivity contribution is 6.31. The molecule has 0 aromatic heterocycles. The van der Waals surface area contributed by atoms with Gasteiger partial charge in [0.1, 0.15) is 23.9 Å². The second kappa shape index (κ2) is 11.6. The van der Waals surface area contributed by atoms with Gasteiger partial charge in [-0.1, -0.05) is 50.6 Å². The van der Waals surface area contributed by atoms with E-state index in [9.17, 15) is 14.0 Å². The monoisotopic (exact) mass is 595 g/mol. The molecule has 3 unspecified atom stereocenters. The van der Waals surface area contributed by atoms with E-state index in [1.54, 1.807) is 42.5 Å². The first-order chi connectivity index (χ1) is 20.0. The molecule has 2 aliphatic heterocycles. The van der Waals surface area contributed by atoms with Gasteiger partial charge >= 0.3 is 0 Å². The van der Waals surface area contributed by atoms with Crippen LogP contribution in [0.1, 0.15) is 39.2 Å². The van der Waals surface area contributed by atoms with Crippen molar-refractivity contribution in [1.29, 1.82) is 0 Å². The number of aliphatic hydroxyl groups is 1. The standard InChI is InChI=1S/C32H35ClFN3O5/c1-31(2,3)17-27-32(16-25(35-27)29(39)36-24-11-9-19(42-13-12-38)15-26(24)41-4)21-14-18(8-10-23(21)37-30(32)40)20-6-5-7-22(33)28(20)34/h5-11,14-15,25,27,35,38H,12-13,16-17H2,1-4H3,(H,36,39)(H,37,40). The minimum Gasteiger partial charge on any atom is -0.494 e. The van der Waals surface area contributed by atoms with Crippen LogP contribution >= 0.6 is 11.6 Å². The zero-order valence-corrected chi connectivity index (χ0v) is 24.8. The Hall–Kier alpha value is -3.66. The van der Waals surface area contributed by atoms with Gasteiger partial charge in [0.15, 0.2) is 0 Å². The van der Waals surface area contributed by atoms with Crippen molar-refractivity contribution in [3.8, 4) is 22.6 Å². The zero-order valence-electron chi connectivity index (χ0n) is 24.0. The van der Waals surface area contributed by atoms with Crippen molar-refractivity contribution in [2.24, 2.45) is 5.41 Å². The number of methoxy groups -OCH3 is 1. The minimum absolute atomic E-state index is 0.0187. The Morgan fingerprint density at radius 2 is 1.98 bits per heavy atom. The SMILES string of the molecule is COc1cc(OCCO)ccc1NC(=O)C1CC2(C(=O)Nc3ccc(-c4cccc(Cl)c4F)cc32)C(CC(C)(C)C)N1. The summed E-state index contributed by atoms with van der Waals surface area (Å²) in [6.45, 7) is 6.27. The summed E-state index contributed by atoms with van der Waals surface area (Å²) in [5, 5.41) is 18.5. The summed E-state index contributed by atoms with van der Waals surface area (Å²) in [4.78, 5) is 27.5. The molecular formula is C32H35ClFN3O5. The lowest BCUT2D eigenvalue weighted by molar-refractivity contribution is -0.121. The van der Waals surface area contributed by atoms with E-state index in [2.05, 4.69) is 36.7 Å². The molecule has 2 aliphatic rings. The van der Waals surface area contributed by atoms with E-state index in [-0.39, 0.29) is 47.9 Å². The Labute approximate surface area is 249 Å². The Morgan fingerprint density at radius 3 is 2.69 bits per heavy atom. The zero-order chi connectivity index (χ0) is 30.2. The minimum atomic E-state index is -1.05. The predicted octanol–water partition coefficient (Wildman–Crippen LogP) is 5.52. The molecule has 5 rings (SSSR count). The average molecular weight is 596 g/mol. The van der Waals surface area contributed by atoms with Gasteiger partial charge < -0.3 is 30.5 Å². The van der Waals surface area contributed by atoms with E-state index < -0.39 is 17.3 Å². The number of fused-ring (bicyclic) bond motifs is 2. The molecule has 2 heterocycles. The highest BCUT2D eigenvalue weighted by atomic mass is 35.5. The van der Waals surface area contributed by atoms with E-state index in [1.165, 1.54) is 13.2 Å². The first-order valence-electron chi connectivity index (χ1n) is 13.9. The number of halogens is 2. The molecule has 3 atom stereocenters. The van der Waals surface area contributed by atoms with Crippen LogP contribution in [0.25, 0.3) is 11.1 Å². The second-order valence-corrected chi connectivity index (χ2v) is 12.4. The lowest BCUT2D eigenvalue weighted by atomic mass is 9.69. The average Bonchev–Trinajstić information content (AvgIpc) is 3.46. The van der Waals surface area contributed by atoms with Crippen LogP contribution in [0.2, 0.25) is 5.02 Å². The molecule has 222 valence electrons. The van der Waals surface area contributed by atoms with Gasteiger partial charge in [-0.05, 0) is 59.7 Å². The Balaban J connectivity index is 1.50. The van der Waals surface area contributed by atoms with Gasteiger partial charge in [-0.3, -0.25) is 9.59 Å². The molecule has 1 spiro atoms. The highest BCUT2D eigenvalue weighted by Gasteiger charge is 2.59. The van der Waals surface area contributed by atoms with Gasteiger partial charge in [0.25, 0.3) is 0 Å². The van der Waals surface area contributed by atoms with E-state index >= 15 is 0 Å². The summed E-state index contributed by atoms with van der Waals surface area (Å²) in [5.74, 6) is -0.143. The van der Waals surface area contributed by atoms with Crippen molar-refractivity contribution in [2.45, 2.75) is 51.1 Å². The summed E-state index contributed by atoms with van der Waals surface area (Å²) in [6.07, 6.45) is 0.819. The molecule has 0 bridgehead atoms. The highest BCUT2D eigenvalue weighted by Crippen LogP contribution is 2.50. The van der Waals surface area contributed by atoms with Gasteiger partial charge in [0.2, 0.25) is 11.8 Å². The summed E-state index contributed by atoms with van der Waals surface area (Å²) >= 11 is 6.07. The number of aliphatic hydroxyl groups excluding tert-OH is 1.